The van der Waals surface area contributed by atoms with Gasteiger partial charge in [-0.3, -0.25) is 0 Å². The smallest absolute Gasteiger partial charge is 0.179 e. The number of hydrogen-bond donors (Lipinski definition) is 2. The van der Waals surface area contributed by atoms with E-state index in [0.29, 0.717) is 5.56 Å². The SMILES string of the molecule is OC(O)c1c(-c2ccc3c(c2)c2ccccc2n3-c2ccccc2)ccc2sc3ccccc3c12. The van der Waals surface area contributed by atoms with Gasteiger partial charge in [0.05, 0.1) is 11.0 Å². The summed E-state index contributed by atoms with van der Waals surface area (Å²) in [5.74, 6) is 0. The Morgan fingerprint density at radius 2 is 1.31 bits per heavy atom. The molecule has 0 saturated heterocycles. The van der Waals surface area contributed by atoms with Gasteiger partial charge in [-0.25, -0.2) is 0 Å². The first-order valence-corrected chi connectivity index (χ1v) is 12.4. The maximum atomic E-state index is 10.5. The van der Waals surface area contributed by atoms with Crippen LogP contribution < -0.4 is 0 Å². The third-order valence-corrected chi connectivity index (χ3v) is 7.98. The lowest BCUT2D eigenvalue weighted by atomic mass is 9.94. The fourth-order valence-corrected chi connectivity index (χ4v) is 6.48. The van der Waals surface area contributed by atoms with E-state index < -0.39 is 6.29 Å². The number of hydrogen-bond acceptors (Lipinski definition) is 3. The summed E-state index contributed by atoms with van der Waals surface area (Å²) in [6.07, 6.45) is -1.58. The molecule has 0 aliphatic heterocycles. The minimum atomic E-state index is -1.58. The van der Waals surface area contributed by atoms with E-state index in [2.05, 4.69) is 89.5 Å². The highest BCUT2D eigenvalue weighted by Gasteiger charge is 2.20. The Morgan fingerprint density at radius 3 is 2.14 bits per heavy atom. The van der Waals surface area contributed by atoms with Gasteiger partial charge in [0.2, 0.25) is 0 Å². The molecule has 0 amide bonds. The first-order valence-electron chi connectivity index (χ1n) is 11.6. The highest BCUT2D eigenvalue weighted by molar-refractivity contribution is 7.25. The van der Waals surface area contributed by atoms with Crippen LogP contribution in [0, 0.1) is 0 Å². The Bertz CT molecular complexity index is 1880. The molecule has 0 unspecified atom stereocenters. The molecule has 7 aromatic rings. The molecule has 0 aliphatic rings. The number of para-hydroxylation sites is 2. The van der Waals surface area contributed by atoms with Crippen molar-refractivity contribution in [2.24, 2.45) is 0 Å². The van der Waals surface area contributed by atoms with Crippen molar-refractivity contribution in [2.75, 3.05) is 0 Å². The van der Waals surface area contributed by atoms with E-state index in [4.69, 9.17) is 0 Å². The monoisotopic (exact) mass is 471 g/mol. The number of aliphatic hydroxyl groups is 2. The first-order chi connectivity index (χ1) is 17.2. The van der Waals surface area contributed by atoms with E-state index in [9.17, 15) is 10.2 Å². The highest BCUT2D eigenvalue weighted by Crippen LogP contribution is 2.43. The minimum Gasteiger partial charge on any atom is -0.364 e. The van der Waals surface area contributed by atoms with E-state index in [0.717, 1.165) is 53.4 Å². The van der Waals surface area contributed by atoms with E-state index in [1.807, 2.05) is 24.3 Å². The summed E-state index contributed by atoms with van der Waals surface area (Å²) < 4.78 is 4.48. The molecule has 0 atom stereocenters. The van der Waals surface area contributed by atoms with Crippen molar-refractivity contribution in [2.45, 2.75) is 6.29 Å². The predicted octanol–water partition coefficient (Wildman–Crippen LogP) is 7.80. The maximum absolute atomic E-state index is 10.5. The molecule has 0 bridgehead atoms. The molecular formula is C31H21NO2S. The van der Waals surface area contributed by atoms with Gasteiger partial charge >= 0.3 is 0 Å². The molecule has 0 spiro atoms. The fraction of sp³-hybridized carbons (Fsp3) is 0.0323. The van der Waals surface area contributed by atoms with Gasteiger partial charge < -0.3 is 14.8 Å². The molecule has 2 aromatic heterocycles. The van der Waals surface area contributed by atoms with E-state index in [1.54, 1.807) is 11.3 Å². The summed E-state index contributed by atoms with van der Waals surface area (Å²) in [5.41, 5.74) is 5.75. The predicted molar refractivity (Wildman–Crippen MR) is 146 cm³/mol. The van der Waals surface area contributed by atoms with Crippen molar-refractivity contribution in [3.8, 4) is 16.8 Å². The van der Waals surface area contributed by atoms with Crippen LogP contribution in [0.1, 0.15) is 11.9 Å². The number of fused-ring (bicyclic) bond motifs is 6. The molecule has 0 saturated carbocycles. The molecule has 0 aliphatic carbocycles. The molecule has 2 N–H and O–H groups in total. The molecule has 0 radical (unpaired) electrons. The molecule has 7 rings (SSSR count). The molecule has 5 aromatic carbocycles. The normalized spacial score (nSPS) is 12.0. The van der Waals surface area contributed by atoms with Crippen LogP contribution in [0.5, 0.6) is 0 Å². The van der Waals surface area contributed by atoms with Crippen molar-refractivity contribution >= 4 is 53.3 Å². The van der Waals surface area contributed by atoms with E-state index in [1.165, 1.54) is 5.39 Å². The second-order valence-electron chi connectivity index (χ2n) is 8.79. The summed E-state index contributed by atoms with van der Waals surface area (Å²) in [6.45, 7) is 0. The quantitative estimate of drug-likeness (QED) is 0.258. The zero-order chi connectivity index (χ0) is 23.5. The third kappa shape index (κ3) is 3.05. The van der Waals surface area contributed by atoms with Crippen LogP contribution in [-0.4, -0.2) is 14.8 Å². The fourth-order valence-electron chi connectivity index (χ4n) is 5.36. The van der Waals surface area contributed by atoms with Crippen molar-refractivity contribution in [3.05, 3.63) is 115 Å². The van der Waals surface area contributed by atoms with Crippen molar-refractivity contribution in [1.29, 1.82) is 0 Å². The number of aliphatic hydroxyl groups excluding tert-OH is 1. The Morgan fingerprint density at radius 1 is 0.600 bits per heavy atom. The molecule has 35 heavy (non-hydrogen) atoms. The number of aromatic nitrogens is 1. The second-order valence-corrected chi connectivity index (χ2v) is 9.88. The zero-order valence-electron chi connectivity index (χ0n) is 18.7. The van der Waals surface area contributed by atoms with Crippen LogP contribution in [0.4, 0.5) is 0 Å². The van der Waals surface area contributed by atoms with Crippen molar-refractivity contribution < 1.29 is 10.2 Å². The molecular weight excluding hydrogens is 450 g/mol. The van der Waals surface area contributed by atoms with Gasteiger partial charge in [0, 0.05) is 42.2 Å². The van der Waals surface area contributed by atoms with Crippen LogP contribution in [0.15, 0.2) is 109 Å². The number of thiophene rings is 1. The summed E-state index contributed by atoms with van der Waals surface area (Å²) in [4.78, 5) is 0. The van der Waals surface area contributed by atoms with Crippen LogP contribution >= 0.6 is 11.3 Å². The Labute approximate surface area is 205 Å². The largest absolute Gasteiger partial charge is 0.364 e. The summed E-state index contributed by atoms with van der Waals surface area (Å²) in [6, 6.07) is 37.5. The topological polar surface area (TPSA) is 45.4 Å². The van der Waals surface area contributed by atoms with Crippen LogP contribution in [0.25, 0.3) is 58.8 Å². The molecule has 4 heteroatoms. The van der Waals surface area contributed by atoms with Gasteiger partial charge in [-0.2, -0.15) is 0 Å². The third-order valence-electron chi connectivity index (χ3n) is 6.84. The average Bonchev–Trinajstić information content (AvgIpc) is 3.44. The lowest BCUT2D eigenvalue weighted by Gasteiger charge is -2.14. The second kappa shape index (κ2) is 7.79. The summed E-state index contributed by atoms with van der Waals surface area (Å²) in [7, 11) is 0. The Balaban J connectivity index is 1.54. The van der Waals surface area contributed by atoms with Gasteiger partial charge in [-0.05, 0) is 53.6 Å². The van der Waals surface area contributed by atoms with Crippen molar-refractivity contribution in [3.63, 3.8) is 0 Å². The Hall–Kier alpha value is -3.96. The standard InChI is InChI=1S/C31H21NO2S/c33-31(34)30-21(15-17-28-29(30)23-11-5-7-13-27(23)35-28)19-14-16-26-24(18-19)22-10-4-6-12-25(22)32(26)20-8-2-1-3-9-20/h1-18,31,33-34H. The van der Waals surface area contributed by atoms with Crippen LogP contribution in [0.3, 0.4) is 0 Å². The molecule has 3 nitrogen and oxygen atoms in total. The maximum Gasteiger partial charge on any atom is 0.179 e. The van der Waals surface area contributed by atoms with Crippen molar-refractivity contribution in [1.82, 2.24) is 4.57 Å². The lowest BCUT2D eigenvalue weighted by molar-refractivity contribution is -0.0408. The summed E-state index contributed by atoms with van der Waals surface area (Å²) >= 11 is 1.68. The minimum absolute atomic E-state index is 0.561. The van der Waals surface area contributed by atoms with Gasteiger partial charge in [0.15, 0.2) is 6.29 Å². The van der Waals surface area contributed by atoms with E-state index in [-0.39, 0.29) is 0 Å². The zero-order valence-corrected chi connectivity index (χ0v) is 19.5. The van der Waals surface area contributed by atoms with Gasteiger partial charge in [-0.1, -0.05) is 66.7 Å². The van der Waals surface area contributed by atoms with Crippen LogP contribution in [-0.2, 0) is 0 Å². The van der Waals surface area contributed by atoms with E-state index >= 15 is 0 Å². The lowest BCUT2D eigenvalue weighted by Crippen LogP contribution is -1.99. The molecule has 2 heterocycles. The number of nitrogens with zero attached hydrogens (tertiary/aromatic N) is 1. The number of benzene rings is 5. The molecule has 168 valence electrons. The number of rotatable bonds is 3. The summed E-state index contributed by atoms with van der Waals surface area (Å²) in [5, 5.41) is 25.4. The van der Waals surface area contributed by atoms with Gasteiger partial charge in [0.1, 0.15) is 0 Å². The van der Waals surface area contributed by atoms with Gasteiger partial charge in [0.25, 0.3) is 0 Å². The van der Waals surface area contributed by atoms with Gasteiger partial charge in [-0.15, -0.1) is 11.3 Å². The highest BCUT2D eigenvalue weighted by atomic mass is 32.1. The molecule has 0 fully saturated rings. The first kappa shape index (κ1) is 20.4. The van der Waals surface area contributed by atoms with Crippen LogP contribution in [0.2, 0.25) is 0 Å². The average molecular weight is 472 g/mol. The Kier molecular flexibility index (Phi) is 4.54.